The molecule has 0 aliphatic rings. The molecule has 0 unspecified atom stereocenters. The summed E-state index contributed by atoms with van der Waals surface area (Å²) >= 11 is 1.32. The molecule has 74 valence electrons. The van der Waals surface area contributed by atoms with Crippen molar-refractivity contribution >= 4 is 17.7 Å². The van der Waals surface area contributed by atoms with Crippen LogP contribution in [0.2, 0.25) is 0 Å². The highest BCUT2D eigenvalue weighted by atomic mass is 32.2. The second kappa shape index (κ2) is 6.11. The lowest BCUT2D eigenvalue weighted by Gasteiger charge is -2.01. The molecule has 0 aromatic carbocycles. The van der Waals surface area contributed by atoms with E-state index in [9.17, 15) is 4.79 Å². The number of aromatic amines is 1. The van der Waals surface area contributed by atoms with Crippen molar-refractivity contribution in [3.8, 4) is 6.07 Å². The lowest BCUT2D eigenvalue weighted by Crippen LogP contribution is -2.24. The molecule has 0 atom stereocenters. The minimum atomic E-state index is -0.0357. The standard InChI is InChI=1S/C9H11N3OS/c10-2-4-14-7-9(13)12-6-8-1-3-11-5-8/h1,3,5,11H,4,6-7H2,(H,12,13). The summed E-state index contributed by atoms with van der Waals surface area (Å²) in [7, 11) is 0. The number of hydrogen-bond acceptors (Lipinski definition) is 3. The number of H-pyrrole nitrogens is 1. The van der Waals surface area contributed by atoms with Crippen molar-refractivity contribution in [3.05, 3.63) is 24.0 Å². The summed E-state index contributed by atoms with van der Waals surface area (Å²) in [5, 5.41) is 11.0. The van der Waals surface area contributed by atoms with Crippen LogP contribution < -0.4 is 5.32 Å². The Morgan fingerprint density at radius 3 is 3.21 bits per heavy atom. The number of nitriles is 1. The van der Waals surface area contributed by atoms with Crippen LogP contribution in [0, 0.1) is 11.3 Å². The minimum absolute atomic E-state index is 0.0357. The summed E-state index contributed by atoms with van der Waals surface area (Å²) < 4.78 is 0. The lowest BCUT2D eigenvalue weighted by molar-refractivity contribution is -0.118. The first kappa shape index (κ1) is 10.7. The molecule has 14 heavy (non-hydrogen) atoms. The van der Waals surface area contributed by atoms with Gasteiger partial charge in [0.25, 0.3) is 0 Å². The molecular weight excluding hydrogens is 198 g/mol. The molecule has 2 N–H and O–H groups in total. The van der Waals surface area contributed by atoms with E-state index in [1.165, 1.54) is 11.8 Å². The summed E-state index contributed by atoms with van der Waals surface area (Å²) in [5.41, 5.74) is 1.05. The first-order valence-corrected chi connectivity index (χ1v) is 5.31. The van der Waals surface area contributed by atoms with Crippen molar-refractivity contribution in [2.24, 2.45) is 0 Å². The molecule has 0 spiro atoms. The Balaban J connectivity index is 2.13. The molecule has 0 fully saturated rings. The van der Waals surface area contributed by atoms with Gasteiger partial charge < -0.3 is 10.3 Å². The van der Waals surface area contributed by atoms with E-state index < -0.39 is 0 Å². The zero-order valence-corrected chi connectivity index (χ0v) is 8.43. The SMILES string of the molecule is N#CCSCC(=O)NCc1cc[nH]c1. The highest BCUT2D eigenvalue weighted by Crippen LogP contribution is 1.98. The van der Waals surface area contributed by atoms with E-state index in [2.05, 4.69) is 10.3 Å². The average Bonchev–Trinajstić information content (AvgIpc) is 2.68. The third kappa shape index (κ3) is 4.01. The summed E-state index contributed by atoms with van der Waals surface area (Å²) in [6.07, 6.45) is 3.65. The zero-order chi connectivity index (χ0) is 10.2. The smallest absolute Gasteiger partial charge is 0.230 e. The van der Waals surface area contributed by atoms with Crippen LogP contribution in [-0.4, -0.2) is 22.4 Å². The first-order chi connectivity index (χ1) is 6.83. The van der Waals surface area contributed by atoms with Crippen molar-refractivity contribution in [2.75, 3.05) is 11.5 Å². The van der Waals surface area contributed by atoms with Gasteiger partial charge in [0.05, 0.1) is 17.6 Å². The Bertz CT molecular complexity index is 315. The third-order valence-corrected chi connectivity index (χ3v) is 2.35. The fourth-order valence-electron chi connectivity index (χ4n) is 0.909. The van der Waals surface area contributed by atoms with E-state index in [-0.39, 0.29) is 5.91 Å². The zero-order valence-electron chi connectivity index (χ0n) is 7.62. The quantitative estimate of drug-likeness (QED) is 0.707. The van der Waals surface area contributed by atoms with Gasteiger partial charge in [-0.15, -0.1) is 11.8 Å². The number of carbonyl (C=O) groups is 1. The maximum absolute atomic E-state index is 11.2. The van der Waals surface area contributed by atoms with Crippen molar-refractivity contribution in [2.45, 2.75) is 6.54 Å². The van der Waals surface area contributed by atoms with Crippen molar-refractivity contribution in [1.82, 2.24) is 10.3 Å². The number of hydrogen-bond donors (Lipinski definition) is 2. The summed E-state index contributed by atoms with van der Waals surface area (Å²) in [6.45, 7) is 0.537. The van der Waals surface area contributed by atoms with Crippen LogP contribution in [0.5, 0.6) is 0 Å². The topological polar surface area (TPSA) is 68.7 Å². The second-order valence-electron chi connectivity index (χ2n) is 2.65. The van der Waals surface area contributed by atoms with Crippen LogP contribution in [0.3, 0.4) is 0 Å². The van der Waals surface area contributed by atoms with Gasteiger partial charge in [-0.05, 0) is 11.6 Å². The highest BCUT2D eigenvalue weighted by Gasteiger charge is 2.00. The molecule has 1 rings (SSSR count). The lowest BCUT2D eigenvalue weighted by atomic mass is 10.3. The summed E-state index contributed by atoms with van der Waals surface area (Å²) in [4.78, 5) is 14.1. The van der Waals surface area contributed by atoms with Gasteiger partial charge in [0, 0.05) is 18.9 Å². The summed E-state index contributed by atoms with van der Waals surface area (Å²) in [5.74, 6) is 0.668. The summed E-state index contributed by atoms with van der Waals surface area (Å²) in [6, 6.07) is 3.88. The Labute approximate surface area is 86.7 Å². The van der Waals surface area contributed by atoms with Crippen LogP contribution in [-0.2, 0) is 11.3 Å². The van der Waals surface area contributed by atoms with Crippen molar-refractivity contribution in [3.63, 3.8) is 0 Å². The van der Waals surface area contributed by atoms with Gasteiger partial charge in [-0.3, -0.25) is 4.79 Å². The maximum atomic E-state index is 11.2. The monoisotopic (exact) mass is 209 g/mol. The maximum Gasteiger partial charge on any atom is 0.230 e. The van der Waals surface area contributed by atoms with Crippen LogP contribution in [0.25, 0.3) is 0 Å². The number of aromatic nitrogens is 1. The fraction of sp³-hybridized carbons (Fsp3) is 0.333. The molecule has 4 nitrogen and oxygen atoms in total. The van der Waals surface area contributed by atoms with Gasteiger partial charge in [-0.25, -0.2) is 0 Å². The predicted octanol–water partition coefficient (Wildman–Crippen LogP) is 0.888. The van der Waals surface area contributed by atoms with Gasteiger partial charge >= 0.3 is 0 Å². The molecule has 5 heteroatoms. The molecule has 0 radical (unpaired) electrons. The predicted molar refractivity (Wildman–Crippen MR) is 55.6 cm³/mol. The van der Waals surface area contributed by atoms with Crippen LogP contribution in [0.4, 0.5) is 0 Å². The van der Waals surface area contributed by atoms with Crippen molar-refractivity contribution in [1.29, 1.82) is 5.26 Å². The molecule has 0 aliphatic carbocycles. The molecule has 1 heterocycles. The second-order valence-corrected chi connectivity index (χ2v) is 3.63. The van der Waals surface area contributed by atoms with E-state index in [1.807, 2.05) is 24.5 Å². The van der Waals surface area contributed by atoms with Gasteiger partial charge in [0.15, 0.2) is 0 Å². The number of amides is 1. The Morgan fingerprint density at radius 2 is 2.57 bits per heavy atom. The van der Waals surface area contributed by atoms with E-state index in [0.29, 0.717) is 18.1 Å². The average molecular weight is 209 g/mol. The van der Waals surface area contributed by atoms with E-state index in [4.69, 9.17) is 5.26 Å². The van der Waals surface area contributed by atoms with Gasteiger partial charge in [0.2, 0.25) is 5.91 Å². The van der Waals surface area contributed by atoms with Gasteiger partial charge in [-0.1, -0.05) is 0 Å². The normalized spacial score (nSPS) is 9.36. The van der Waals surface area contributed by atoms with E-state index in [0.717, 1.165) is 5.56 Å². The van der Waals surface area contributed by atoms with Crippen molar-refractivity contribution < 1.29 is 4.79 Å². The molecule has 0 aliphatic heterocycles. The van der Waals surface area contributed by atoms with Crippen LogP contribution in [0.15, 0.2) is 18.5 Å². The number of nitrogens with zero attached hydrogens (tertiary/aromatic N) is 1. The number of nitrogens with one attached hydrogen (secondary N) is 2. The Morgan fingerprint density at radius 1 is 1.71 bits per heavy atom. The number of carbonyl (C=O) groups excluding carboxylic acids is 1. The molecule has 0 saturated carbocycles. The molecule has 1 amide bonds. The Hall–Kier alpha value is -1.41. The minimum Gasteiger partial charge on any atom is -0.367 e. The largest absolute Gasteiger partial charge is 0.367 e. The van der Waals surface area contributed by atoms with E-state index >= 15 is 0 Å². The molecule has 0 saturated heterocycles. The fourth-order valence-corrected chi connectivity index (χ4v) is 1.39. The van der Waals surface area contributed by atoms with Crippen LogP contribution >= 0.6 is 11.8 Å². The molecule has 1 aromatic rings. The number of thioether (sulfide) groups is 1. The molecular formula is C9H11N3OS. The molecule has 0 bridgehead atoms. The van der Waals surface area contributed by atoms with Gasteiger partial charge in [-0.2, -0.15) is 5.26 Å². The number of rotatable bonds is 5. The molecule has 1 aromatic heterocycles. The third-order valence-electron chi connectivity index (χ3n) is 1.55. The van der Waals surface area contributed by atoms with E-state index in [1.54, 1.807) is 0 Å². The highest BCUT2D eigenvalue weighted by molar-refractivity contribution is 8.00. The van der Waals surface area contributed by atoms with Crippen LogP contribution in [0.1, 0.15) is 5.56 Å². The van der Waals surface area contributed by atoms with Gasteiger partial charge in [0.1, 0.15) is 0 Å². The first-order valence-electron chi connectivity index (χ1n) is 4.16. The Kier molecular flexibility index (Phi) is 4.65.